The predicted octanol–water partition coefficient (Wildman–Crippen LogP) is 3.21. The SMILES string of the molecule is NC1CCCCC1C(=O)Cc1ccc(OC(F)(F)F)cc1. The largest absolute Gasteiger partial charge is 0.573 e. The Morgan fingerprint density at radius 3 is 2.38 bits per heavy atom. The van der Waals surface area contributed by atoms with E-state index in [2.05, 4.69) is 4.74 Å². The third-order valence-corrected chi connectivity index (χ3v) is 3.77. The highest BCUT2D eigenvalue weighted by molar-refractivity contribution is 5.84. The summed E-state index contributed by atoms with van der Waals surface area (Å²) >= 11 is 0. The monoisotopic (exact) mass is 301 g/mol. The van der Waals surface area contributed by atoms with Crippen molar-refractivity contribution in [3.8, 4) is 5.75 Å². The minimum atomic E-state index is -4.70. The van der Waals surface area contributed by atoms with Gasteiger partial charge in [-0.05, 0) is 30.5 Å². The third kappa shape index (κ3) is 4.74. The Morgan fingerprint density at radius 1 is 1.19 bits per heavy atom. The quantitative estimate of drug-likeness (QED) is 0.929. The minimum Gasteiger partial charge on any atom is -0.406 e. The van der Waals surface area contributed by atoms with E-state index >= 15 is 0 Å². The zero-order valence-corrected chi connectivity index (χ0v) is 11.5. The first-order valence-corrected chi connectivity index (χ1v) is 6.98. The Balaban J connectivity index is 1.95. The zero-order valence-electron chi connectivity index (χ0n) is 11.5. The number of carbonyl (C=O) groups is 1. The van der Waals surface area contributed by atoms with E-state index < -0.39 is 6.36 Å². The van der Waals surface area contributed by atoms with E-state index in [9.17, 15) is 18.0 Å². The lowest BCUT2D eigenvalue weighted by atomic mass is 9.81. The first-order chi connectivity index (χ1) is 9.85. The number of nitrogens with two attached hydrogens (primary N) is 1. The van der Waals surface area contributed by atoms with Gasteiger partial charge < -0.3 is 10.5 Å². The molecule has 0 bridgehead atoms. The van der Waals surface area contributed by atoms with Crippen LogP contribution in [0.3, 0.4) is 0 Å². The fourth-order valence-corrected chi connectivity index (χ4v) is 2.70. The number of alkyl halides is 3. The van der Waals surface area contributed by atoms with Crippen LogP contribution in [0.1, 0.15) is 31.2 Å². The van der Waals surface area contributed by atoms with E-state index in [-0.39, 0.29) is 29.9 Å². The first kappa shape index (κ1) is 15.8. The molecule has 2 atom stereocenters. The van der Waals surface area contributed by atoms with Crippen molar-refractivity contribution in [3.63, 3.8) is 0 Å². The van der Waals surface area contributed by atoms with Crippen molar-refractivity contribution in [2.45, 2.75) is 44.5 Å². The lowest BCUT2D eigenvalue weighted by Gasteiger charge is -2.27. The van der Waals surface area contributed by atoms with Crippen molar-refractivity contribution >= 4 is 5.78 Å². The molecule has 2 unspecified atom stereocenters. The number of ether oxygens (including phenoxy) is 1. The normalized spacial score (nSPS) is 22.9. The van der Waals surface area contributed by atoms with Gasteiger partial charge in [-0.1, -0.05) is 25.0 Å². The molecule has 0 aliphatic heterocycles. The summed E-state index contributed by atoms with van der Waals surface area (Å²) in [6.07, 6.45) is -0.794. The van der Waals surface area contributed by atoms with Crippen LogP contribution in [0.2, 0.25) is 0 Å². The molecule has 0 radical (unpaired) electrons. The van der Waals surface area contributed by atoms with Gasteiger partial charge in [0.1, 0.15) is 11.5 Å². The number of Topliss-reactive ketones (excluding diaryl/α,β-unsaturated/α-hetero) is 1. The van der Waals surface area contributed by atoms with Crippen LogP contribution >= 0.6 is 0 Å². The van der Waals surface area contributed by atoms with E-state index in [1.165, 1.54) is 24.3 Å². The van der Waals surface area contributed by atoms with Gasteiger partial charge in [0, 0.05) is 18.4 Å². The first-order valence-electron chi connectivity index (χ1n) is 6.98. The molecule has 3 nitrogen and oxygen atoms in total. The van der Waals surface area contributed by atoms with E-state index in [0.717, 1.165) is 25.7 Å². The number of rotatable bonds is 4. The summed E-state index contributed by atoms with van der Waals surface area (Å²) in [6.45, 7) is 0. The topological polar surface area (TPSA) is 52.3 Å². The zero-order chi connectivity index (χ0) is 15.5. The molecule has 1 aliphatic carbocycles. The molecular weight excluding hydrogens is 283 g/mol. The molecule has 116 valence electrons. The maximum Gasteiger partial charge on any atom is 0.573 e. The van der Waals surface area contributed by atoms with Gasteiger partial charge in [0.25, 0.3) is 0 Å². The number of ketones is 1. The summed E-state index contributed by atoms with van der Waals surface area (Å²) < 4.78 is 39.9. The second-order valence-corrected chi connectivity index (χ2v) is 5.39. The van der Waals surface area contributed by atoms with Crippen molar-refractivity contribution < 1.29 is 22.7 Å². The number of hydrogen-bond acceptors (Lipinski definition) is 3. The van der Waals surface area contributed by atoms with Crippen molar-refractivity contribution in [2.75, 3.05) is 0 Å². The van der Waals surface area contributed by atoms with E-state index in [1.807, 2.05) is 0 Å². The van der Waals surface area contributed by atoms with Gasteiger partial charge in [0.15, 0.2) is 0 Å². The standard InChI is InChI=1S/C15H18F3NO2/c16-15(17,18)21-11-7-5-10(6-8-11)9-14(20)12-3-1-2-4-13(12)19/h5-8,12-13H,1-4,9,19H2. The fraction of sp³-hybridized carbons (Fsp3) is 0.533. The van der Waals surface area contributed by atoms with Crippen LogP contribution in [0.5, 0.6) is 5.75 Å². The number of hydrogen-bond donors (Lipinski definition) is 1. The summed E-state index contributed by atoms with van der Waals surface area (Å²) in [6, 6.07) is 5.30. The summed E-state index contributed by atoms with van der Waals surface area (Å²) in [5.41, 5.74) is 6.63. The molecule has 21 heavy (non-hydrogen) atoms. The van der Waals surface area contributed by atoms with Crippen LogP contribution in [0, 0.1) is 5.92 Å². The van der Waals surface area contributed by atoms with Gasteiger partial charge in [-0.2, -0.15) is 0 Å². The number of carbonyl (C=O) groups excluding carboxylic acids is 1. The second-order valence-electron chi connectivity index (χ2n) is 5.39. The smallest absolute Gasteiger partial charge is 0.406 e. The lowest BCUT2D eigenvalue weighted by Crippen LogP contribution is -2.38. The van der Waals surface area contributed by atoms with Crippen molar-refractivity contribution in [1.29, 1.82) is 0 Å². The summed E-state index contributed by atoms with van der Waals surface area (Å²) in [5, 5.41) is 0. The molecule has 1 saturated carbocycles. The predicted molar refractivity (Wildman–Crippen MR) is 71.8 cm³/mol. The maximum absolute atomic E-state index is 12.2. The van der Waals surface area contributed by atoms with E-state index in [1.54, 1.807) is 0 Å². The fourth-order valence-electron chi connectivity index (χ4n) is 2.70. The van der Waals surface area contributed by atoms with Gasteiger partial charge in [-0.25, -0.2) is 0 Å². The van der Waals surface area contributed by atoms with Crippen LogP contribution in [-0.2, 0) is 11.2 Å². The molecule has 0 saturated heterocycles. The second kappa shape index (κ2) is 6.47. The Bertz CT molecular complexity index is 485. The molecule has 1 aromatic carbocycles. The molecular formula is C15H18F3NO2. The van der Waals surface area contributed by atoms with Gasteiger partial charge in [0.05, 0.1) is 0 Å². The Kier molecular flexibility index (Phi) is 4.88. The molecule has 1 aliphatic rings. The van der Waals surface area contributed by atoms with Crippen LogP contribution in [-0.4, -0.2) is 18.2 Å². The van der Waals surface area contributed by atoms with E-state index in [4.69, 9.17) is 5.73 Å². The summed E-state index contributed by atoms with van der Waals surface area (Å²) in [4.78, 5) is 12.2. The molecule has 0 amide bonds. The highest BCUT2D eigenvalue weighted by Crippen LogP contribution is 2.26. The van der Waals surface area contributed by atoms with Gasteiger partial charge in [-0.15, -0.1) is 13.2 Å². The average molecular weight is 301 g/mol. The Hall–Kier alpha value is -1.56. The third-order valence-electron chi connectivity index (χ3n) is 3.77. The summed E-state index contributed by atoms with van der Waals surface area (Å²) in [7, 11) is 0. The van der Waals surface area contributed by atoms with Gasteiger partial charge in [-0.3, -0.25) is 4.79 Å². The van der Waals surface area contributed by atoms with E-state index in [0.29, 0.717) is 5.56 Å². The number of benzene rings is 1. The maximum atomic E-state index is 12.2. The molecule has 1 fully saturated rings. The van der Waals surface area contributed by atoms with Crippen molar-refractivity contribution in [3.05, 3.63) is 29.8 Å². The van der Waals surface area contributed by atoms with Crippen LogP contribution in [0.4, 0.5) is 13.2 Å². The van der Waals surface area contributed by atoms with Gasteiger partial charge in [0.2, 0.25) is 0 Å². The van der Waals surface area contributed by atoms with Crippen LogP contribution in [0.25, 0.3) is 0 Å². The highest BCUT2D eigenvalue weighted by atomic mass is 19.4. The van der Waals surface area contributed by atoms with Crippen LogP contribution in [0.15, 0.2) is 24.3 Å². The Labute approximate surface area is 121 Å². The van der Waals surface area contributed by atoms with Gasteiger partial charge >= 0.3 is 6.36 Å². The molecule has 6 heteroatoms. The van der Waals surface area contributed by atoms with Crippen LogP contribution < -0.4 is 10.5 Å². The number of halogens is 3. The molecule has 0 heterocycles. The molecule has 0 spiro atoms. The van der Waals surface area contributed by atoms with Crippen molar-refractivity contribution in [1.82, 2.24) is 0 Å². The molecule has 1 aromatic rings. The lowest BCUT2D eigenvalue weighted by molar-refractivity contribution is -0.274. The molecule has 2 N–H and O–H groups in total. The summed E-state index contributed by atoms with van der Waals surface area (Å²) in [5.74, 6) is -0.357. The Morgan fingerprint density at radius 2 is 1.81 bits per heavy atom. The minimum absolute atomic E-state index is 0.0617. The molecule has 2 rings (SSSR count). The van der Waals surface area contributed by atoms with Crippen molar-refractivity contribution in [2.24, 2.45) is 11.7 Å². The average Bonchev–Trinajstić information content (AvgIpc) is 2.40. The highest BCUT2D eigenvalue weighted by Gasteiger charge is 2.31. The molecule has 0 aromatic heterocycles.